The van der Waals surface area contributed by atoms with Gasteiger partial charge < -0.3 is 15.4 Å². The van der Waals surface area contributed by atoms with Gasteiger partial charge in [-0.2, -0.15) is 0 Å². The lowest BCUT2D eigenvalue weighted by Gasteiger charge is -2.41. The van der Waals surface area contributed by atoms with E-state index in [0.717, 1.165) is 38.3 Å². The van der Waals surface area contributed by atoms with Crippen LogP contribution in [0.1, 0.15) is 31.4 Å². The molecule has 1 aromatic carbocycles. The summed E-state index contributed by atoms with van der Waals surface area (Å²) < 4.78 is 5.58. The Hall–Kier alpha value is -1.62. The number of hydrogen-bond donors (Lipinski definition) is 2. The molecule has 0 radical (unpaired) electrons. The van der Waals surface area contributed by atoms with Gasteiger partial charge in [-0.3, -0.25) is 4.98 Å². The van der Waals surface area contributed by atoms with Crippen molar-refractivity contribution in [1.29, 1.82) is 0 Å². The number of nitrogens with one attached hydrogen (secondary N) is 2. The zero-order chi connectivity index (χ0) is 16.8. The van der Waals surface area contributed by atoms with E-state index in [1.54, 1.807) is 12.4 Å². The highest BCUT2D eigenvalue weighted by Crippen LogP contribution is 2.27. The van der Waals surface area contributed by atoms with Crippen LogP contribution in [0.15, 0.2) is 48.8 Å². The van der Waals surface area contributed by atoms with E-state index < -0.39 is 0 Å². The lowest BCUT2D eigenvalue weighted by atomic mass is 9.88. The van der Waals surface area contributed by atoms with Crippen molar-refractivity contribution in [3.05, 3.63) is 59.4 Å². The third-order valence-electron chi connectivity index (χ3n) is 4.66. The molecule has 0 bridgehead atoms. The number of anilines is 1. The van der Waals surface area contributed by atoms with Crippen LogP contribution >= 0.6 is 11.6 Å². The minimum Gasteiger partial charge on any atom is -0.382 e. The van der Waals surface area contributed by atoms with Crippen molar-refractivity contribution in [2.75, 3.05) is 25.1 Å². The second kappa shape index (κ2) is 7.97. The lowest BCUT2D eigenvalue weighted by Crippen LogP contribution is -2.54. The quantitative estimate of drug-likeness (QED) is 0.829. The van der Waals surface area contributed by atoms with E-state index in [4.69, 9.17) is 16.3 Å². The Labute approximate surface area is 148 Å². The van der Waals surface area contributed by atoms with E-state index in [-0.39, 0.29) is 11.6 Å². The topological polar surface area (TPSA) is 46.2 Å². The van der Waals surface area contributed by atoms with E-state index in [0.29, 0.717) is 5.02 Å². The fraction of sp³-hybridized carbons (Fsp3) is 0.421. The number of nitrogens with zero attached hydrogens (tertiary/aromatic N) is 1. The molecule has 0 amide bonds. The van der Waals surface area contributed by atoms with Crippen molar-refractivity contribution in [3.63, 3.8) is 0 Å². The molecule has 1 atom stereocenters. The smallest absolute Gasteiger partial charge is 0.0820 e. The third kappa shape index (κ3) is 4.26. The summed E-state index contributed by atoms with van der Waals surface area (Å²) in [4.78, 5) is 4.04. The van der Waals surface area contributed by atoms with Gasteiger partial charge in [-0.25, -0.2) is 0 Å². The highest BCUT2D eigenvalue weighted by Gasteiger charge is 2.33. The van der Waals surface area contributed by atoms with Gasteiger partial charge in [0.05, 0.1) is 10.7 Å². The van der Waals surface area contributed by atoms with Crippen molar-refractivity contribution in [2.24, 2.45) is 0 Å². The zero-order valence-electron chi connectivity index (χ0n) is 14.0. The first kappa shape index (κ1) is 17.2. The average Bonchev–Trinajstić information content (AvgIpc) is 2.63. The second-order valence-electron chi connectivity index (χ2n) is 6.38. The molecule has 2 N–H and O–H groups in total. The van der Waals surface area contributed by atoms with Gasteiger partial charge in [0.15, 0.2) is 0 Å². The van der Waals surface area contributed by atoms with Crippen molar-refractivity contribution < 1.29 is 4.74 Å². The first-order valence-electron chi connectivity index (χ1n) is 8.42. The molecule has 3 rings (SSSR count). The van der Waals surface area contributed by atoms with Crippen LogP contribution in [-0.2, 0) is 4.74 Å². The van der Waals surface area contributed by atoms with Crippen LogP contribution in [0.2, 0.25) is 5.02 Å². The van der Waals surface area contributed by atoms with E-state index in [9.17, 15) is 0 Å². The van der Waals surface area contributed by atoms with Gasteiger partial charge in [0, 0.05) is 43.7 Å². The zero-order valence-corrected chi connectivity index (χ0v) is 14.7. The van der Waals surface area contributed by atoms with Gasteiger partial charge in [-0.15, -0.1) is 0 Å². The van der Waals surface area contributed by atoms with Gasteiger partial charge in [-0.1, -0.05) is 41.9 Å². The molecule has 4 nitrogen and oxygen atoms in total. The number of halogens is 1. The van der Waals surface area contributed by atoms with Crippen molar-refractivity contribution >= 4 is 17.3 Å². The van der Waals surface area contributed by atoms with Crippen molar-refractivity contribution in [1.82, 2.24) is 10.3 Å². The highest BCUT2D eigenvalue weighted by atomic mass is 35.5. The number of hydrogen-bond acceptors (Lipinski definition) is 4. The molecule has 5 heteroatoms. The molecule has 1 aliphatic heterocycles. The Balaban J connectivity index is 1.71. The summed E-state index contributed by atoms with van der Waals surface area (Å²) >= 11 is 6.22. The summed E-state index contributed by atoms with van der Waals surface area (Å²) in [7, 11) is 0. The molecule has 0 aliphatic carbocycles. The predicted molar refractivity (Wildman–Crippen MR) is 98.5 cm³/mol. The second-order valence-corrected chi connectivity index (χ2v) is 6.79. The van der Waals surface area contributed by atoms with E-state index in [1.165, 1.54) is 5.56 Å². The van der Waals surface area contributed by atoms with Gasteiger partial charge in [-0.05, 0) is 31.4 Å². The SMILES string of the molecule is CC(NC1(CNc2ccncc2Cl)CCOCC1)c1ccccc1. The first-order chi connectivity index (χ1) is 11.7. The number of pyridine rings is 1. The van der Waals surface area contributed by atoms with E-state index in [2.05, 4.69) is 46.8 Å². The van der Waals surface area contributed by atoms with Gasteiger partial charge >= 0.3 is 0 Å². The summed E-state index contributed by atoms with van der Waals surface area (Å²) in [5.41, 5.74) is 2.21. The molecule has 128 valence electrons. The summed E-state index contributed by atoms with van der Waals surface area (Å²) in [5.74, 6) is 0. The third-order valence-corrected chi connectivity index (χ3v) is 4.96. The maximum absolute atomic E-state index is 6.22. The number of benzene rings is 1. The van der Waals surface area contributed by atoms with Gasteiger partial charge in [0.25, 0.3) is 0 Å². The summed E-state index contributed by atoms with van der Waals surface area (Å²) in [6.07, 6.45) is 5.37. The average molecular weight is 346 g/mol. The maximum atomic E-state index is 6.22. The number of aromatic nitrogens is 1. The van der Waals surface area contributed by atoms with Crippen molar-refractivity contribution in [3.8, 4) is 0 Å². The van der Waals surface area contributed by atoms with Crippen LogP contribution in [0.25, 0.3) is 0 Å². The molecule has 1 saturated heterocycles. The lowest BCUT2D eigenvalue weighted by molar-refractivity contribution is 0.0389. The molecule has 24 heavy (non-hydrogen) atoms. The van der Waals surface area contributed by atoms with Crippen LogP contribution in [0.5, 0.6) is 0 Å². The van der Waals surface area contributed by atoms with Crippen LogP contribution in [-0.4, -0.2) is 30.3 Å². The minimum absolute atomic E-state index is 0.0138. The van der Waals surface area contributed by atoms with Gasteiger partial charge in [0.2, 0.25) is 0 Å². The predicted octanol–water partition coefficient (Wildman–Crippen LogP) is 4.05. The fourth-order valence-electron chi connectivity index (χ4n) is 3.20. The Kier molecular flexibility index (Phi) is 5.72. The van der Waals surface area contributed by atoms with Crippen LogP contribution in [0, 0.1) is 0 Å². The Morgan fingerprint density at radius 3 is 2.67 bits per heavy atom. The monoisotopic (exact) mass is 345 g/mol. The number of rotatable bonds is 6. The van der Waals surface area contributed by atoms with E-state index >= 15 is 0 Å². The van der Waals surface area contributed by atoms with Crippen LogP contribution in [0.4, 0.5) is 5.69 Å². The largest absolute Gasteiger partial charge is 0.382 e. The molecule has 1 unspecified atom stereocenters. The Morgan fingerprint density at radius 2 is 1.96 bits per heavy atom. The highest BCUT2D eigenvalue weighted by molar-refractivity contribution is 6.33. The Bertz CT molecular complexity index is 644. The molecule has 0 spiro atoms. The van der Waals surface area contributed by atoms with Crippen molar-refractivity contribution in [2.45, 2.75) is 31.3 Å². The van der Waals surface area contributed by atoms with Gasteiger partial charge in [0.1, 0.15) is 0 Å². The Morgan fingerprint density at radius 1 is 1.21 bits per heavy atom. The molecule has 1 aromatic heterocycles. The number of ether oxygens (including phenoxy) is 1. The maximum Gasteiger partial charge on any atom is 0.0820 e. The van der Waals surface area contributed by atoms with Crippen LogP contribution in [0.3, 0.4) is 0 Å². The molecule has 0 saturated carbocycles. The summed E-state index contributed by atoms with van der Waals surface area (Å²) in [6, 6.07) is 12.7. The fourth-order valence-corrected chi connectivity index (χ4v) is 3.39. The molecule has 2 heterocycles. The first-order valence-corrected chi connectivity index (χ1v) is 8.80. The molecule has 2 aromatic rings. The molecular weight excluding hydrogens is 322 g/mol. The normalized spacial score (nSPS) is 18.1. The summed E-state index contributed by atoms with van der Waals surface area (Å²) in [6.45, 7) is 4.57. The van der Waals surface area contributed by atoms with Crippen LogP contribution < -0.4 is 10.6 Å². The van der Waals surface area contributed by atoms with E-state index in [1.807, 2.05) is 12.1 Å². The minimum atomic E-state index is -0.0138. The standard InChI is InChI=1S/C19H24ClN3O/c1-15(16-5-3-2-4-6-16)23-19(8-11-24-12-9-19)14-22-18-7-10-21-13-17(18)20/h2-7,10,13,15,23H,8-9,11-12,14H2,1H3,(H,21,22). The summed E-state index contributed by atoms with van der Waals surface area (Å²) in [5, 5.41) is 7.98. The molecule has 1 aliphatic rings. The molecular formula is C19H24ClN3O. The molecule has 1 fully saturated rings.